The molecule has 0 N–H and O–H groups in total. The van der Waals surface area contributed by atoms with Crippen molar-refractivity contribution in [2.45, 2.75) is 6.54 Å². The van der Waals surface area contributed by atoms with Crippen molar-refractivity contribution in [2.24, 2.45) is 0 Å². The summed E-state index contributed by atoms with van der Waals surface area (Å²) in [6.07, 6.45) is 0. The lowest BCUT2D eigenvalue weighted by Gasteiger charge is -2.06. The van der Waals surface area contributed by atoms with E-state index >= 15 is 0 Å². The van der Waals surface area contributed by atoms with Crippen LogP contribution >= 0.6 is 11.6 Å². The predicted octanol–water partition coefficient (Wildman–Crippen LogP) is 3.32. The van der Waals surface area contributed by atoms with Crippen molar-refractivity contribution in [2.75, 3.05) is 0 Å². The lowest BCUT2D eigenvalue weighted by Crippen LogP contribution is -2.04. The van der Waals surface area contributed by atoms with E-state index in [9.17, 15) is 8.78 Å². The fourth-order valence-electron chi connectivity index (χ4n) is 1.94. The molecule has 0 atom stereocenters. The Morgan fingerprint density at radius 2 is 1.71 bits per heavy atom. The molecule has 1 aromatic heterocycles. The first kappa shape index (κ1) is 13.6. The Bertz CT molecular complexity index is 771. The summed E-state index contributed by atoms with van der Waals surface area (Å²) in [7, 11) is 0. The van der Waals surface area contributed by atoms with Gasteiger partial charge in [0.15, 0.2) is 5.82 Å². The van der Waals surface area contributed by atoms with Gasteiger partial charge in [0.2, 0.25) is 0 Å². The Hall–Kier alpha value is -2.34. The number of rotatable bonds is 3. The second-order valence-corrected chi connectivity index (χ2v) is 4.82. The Kier molecular flexibility index (Phi) is 3.62. The highest BCUT2D eigenvalue weighted by atomic mass is 35.5. The molecule has 1 heterocycles. The number of hydrogen-bond acceptors (Lipinski definition) is 3. The Morgan fingerprint density at radius 3 is 2.43 bits per heavy atom. The van der Waals surface area contributed by atoms with Crippen LogP contribution in [0.5, 0.6) is 0 Å². The van der Waals surface area contributed by atoms with Gasteiger partial charge in [0, 0.05) is 5.56 Å². The van der Waals surface area contributed by atoms with Crippen molar-refractivity contribution in [1.29, 1.82) is 0 Å². The lowest BCUT2D eigenvalue weighted by atomic mass is 10.2. The lowest BCUT2D eigenvalue weighted by molar-refractivity contribution is 0.622. The minimum Gasteiger partial charge on any atom is -0.221 e. The summed E-state index contributed by atoms with van der Waals surface area (Å²) >= 11 is 6.02. The number of halogens is 3. The average Bonchev–Trinajstić information content (AvgIpc) is 2.89. The summed E-state index contributed by atoms with van der Waals surface area (Å²) in [6.45, 7) is 0.357. The van der Waals surface area contributed by atoms with Gasteiger partial charge in [-0.15, -0.1) is 5.10 Å². The van der Waals surface area contributed by atoms with Crippen molar-refractivity contribution >= 4 is 11.6 Å². The molecule has 0 aliphatic carbocycles. The van der Waals surface area contributed by atoms with E-state index in [1.165, 1.54) is 35.0 Å². The van der Waals surface area contributed by atoms with E-state index in [4.69, 9.17) is 11.6 Å². The number of aromatic nitrogens is 4. The second-order valence-electron chi connectivity index (χ2n) is 4.41. The summed E-state index contributed by atoms with van der Waals surface area (Å²) in [6, 6.07) is 10.0. The first-order valence-electron chi connectivity index (χ1n) is 6.09. The van der Waals surface area contributed by atoms with E-state index in [0.717, 1.165) is 5.56 Å². The van der Waals surface area contributed by atoms with Crippen molar-refractivity contribution in [3.8, 4) is 11.4 Å². The monoisotopic (exact) mass is 306 g/mol. The highest BCUT2D eigenvalue weighted by Gasteiger charge is 2.13. The fraction of sp³-hybridized carbons (Fsp3) is 0.0714. The van der Waals surface area contributed by atoms with Crippen LogP contribution in [-0.4, -0.2) is 20.2 Å². The van der Waals surface area contributed by atoms with Gasteiger partial charge in [-0.2, -0.15) is 0 Å². The minimum atomic E-state index is -0.429. The molecule has 21 heavy (non-hydrogen) atoms. The zero-order chi connectivity index (χ0) is 14.8. The maximum atomic E-state index is 13.1. The first-order chi connectivity index (χ1) is 10.1. The summed E-state index contributed by atoms with van der Waals surface area (Å²) in [5.41, 5.74) is 1.37. The molecule has 0 fully saturated rings. The molecule has 0 unspecified atom stereocenters. The standard InChI is InChI=1S/C14H9ClF2N4/c15-13-7-11(17)5-6-12(13)14-18-19-20-21(14)8-9-1-3-10(16)4-2-9/h1-7H,8H2. The smallest absolute Gasteiger partial charge is 0.183 e. The van der Waals surface area contributed by atoms with Crippen molar-refractivity contribution in [3.63, 3.8) is 0 Å². The van der Waals surface area contributed by atoms with Crippen LogP contribution in [0.1, 0.15) is 5.56 Å². The topological polar surface area (TPSA) is 43.6 Å². The van der Waals surface area contributed by atoms with Crippen LogP contribution in [0.2, 0.25) is 5.02 Å². The van der Waals surface area contributed by atoms with E-state index in [1.54, 1.807) is 12.1 Å². The van der Waals surface area contributed by atoms with Gasteiger partial charge in [0.25, 0.3) is 0 Å². The largest absolute Gasteiger partial charge is 0.221 e. The molecule has 0 amide bonds. The molecule has 0 aliphatic heterocycles. The average molecular weight is 307 g/mol. The first-order valence-corrected chi connectivity index (χ1v) is 6.47. The molecule has 0 saturated carbocycles. The normalized spacial score (nSPS) is 10.8. The predicted molar refractivity (Wildman–Crippen MR) is 73.7 cm³/mol. The van der Waals surface area contributed by atoms with Gasteiger partial charge in [-0.3, -0.25) is 0 Å². The van der Waals surface area contributed by atoms with Gasteiger partial charge >= 0.3 is 0 Å². The van der Waals surface area contributed by atoms with Crippen LogP contribution < -0.4 is 0 Å². The maximum absolute atomic E-state index is 13.1. The van der Waals surface area contributed by atoms with Gasteiger partial charge in [-0.05, 0) is 46.3 Å². The summed E-state index contributed by atoms with van der Waals surface area (Å²) in [5.74, 6) is -0.317. The van der Waals surface area contributed by atoms with Crippen LogP contribution in [0.15, 0.2) is 42.5 Å². The quantitative estimate of drug-likeness (QED) is 0.745. The molecule has 0 spiro atoms. The third kappa shape index (κ3) is 2.90. The molecule has 2 aromatic carbocycles. The van der Waals surface area contributed by atoms with E-state index in [1.807, 2.05) is 0 Å². The second kappa shape index (κ2) is 5.57. The van der Waals surface area contributed by atoms with Crippen LogP contribution in [-0.2, 0) is 6.54 Å². The zero-order valence-electron chi connectivity index (χ0n) is 10.7. The highest BCUT2D eigenvalue weighted by Crippen LogP contribution is 2.26. The van der Waals surface area contributed by atoms with E-state index < -0.39 is 5.82 Å². The van der Waals surface area contributed by atoms with Crippen molar-refractivity contribution < 1.29 is 8.78 Å². The zero-order valence-corrected chi connectivity index (χ0v) is 11.4. The van der Waals surface area contributed by atoms with Gasteiger partial charge in [0.1, 0.15) is 11.6 Å². The summed E-state index contributed by atoms with van der Waals surface area (Å²) in [4.78, 5) is 0. The Labute approximate surface area is 124 Å². The molecule has 0 radical (unpaired) electrons. The minimum absolute atomic E-state index is 0.227. The maximum Gasteiger partial charge on any atom is 0.183 e. The van der Waals surface area contributed by atoms with Gasteiger partial charge in [-0.25, -0.2) is 13.5 Å². The fourth-order valence-corrected chi connectivity index (χ4v) is 2.19. The van der Waals surface area contributed by atoms with Gasteiger partial charge in [0.05, 0.1) is 11.6 Å². The molecule has 0 saturated heterocycles. The molecule has 3 rings (SSSR count). The highest BCUT2D eigenvalue weighted by molar-refractivity contribution is 6.33. The summed E-state index contributed by atoms with van der Waals surface area (Å²) < 4.78 is 27.5. The molecular formula is C14H9ClF2N4. The molecule has 7 heteroatoms. The number of nitrogens with zero attached hydrogens (tertiary/aromatic N) is 4. The number of tetrazole rings is 1. The van der Waals surface area contributed by atoms with Gasteiger partial charge < -0.3 is 0 Å². The number of hydrogen-bond donors (Lipinski definition) is 0. The Balaban J connectivity index is 1.95. The van der Waals surface area contributed by atoms with Crippen LogP contribution in [0, 0.1) is 11.6 Å². The van der Waals surface area contributed by atoms with Crippen LogP contribution in [0.3, 0.4) is 0 Å². The third-order valence-electron chi connectivity index (χ3n) is 2.95. The van der Waals surface area contributed by atoms with Crippen LogP contribution in [0.4, 0.5) is 8.78 Å². The molecule has 0 bridgehead atoms. The van der Waals surface area contributed by atoms with E-state index in [0.29, 0.717) is 17.9 Å². The SMILES string of the molecule is Fc1ccc(Cn2nnnc2-c2ccc(F)cc2Cl)cc1. The van der Waals surface area contributed by atoms with E-state index in [-0.39, 0.29) is 10.8 Å². The molecule has 106 valence electrons. The van der Waals surface area contributed by atoms with Crippen LogP contribution in [0.25, 0.3) is 11.4 Å². The Morgan fingerprint density at radius 1 is 1.00 bits per heavy atom. The van der Waals surface area contributed by atoms with Crippen molar-refractivity contribution in [3.05, 3.63) is 64.7 Å². The van der Waals surface area contributed by atoms with Gasteiger partial charge in [-0.1, -0.05) is 23.7 Å². The number of benzene rings is 2. The molecule has 0 aliphatic rings. The molecule has 3 aromatic rings. The summed E-state index contributed by atoms with van der Waals surface area (Å²) in [5, 5.41) is 11.6. The van der Waals surface area contributed by atoms with Crippen molar-refractivity contribution in [1.82, 2.24) is 20.2 Å². The molecule has 4 nitrogen and oxygen atoms in total. The third-order valence-corrected chi connectivity index (χ3v) is 3.26. The molecular weight excluding hydrogens is 298 g/mol. The van der Waals surface area contributed by atoms with E-state index in [2.05, 4.69) is 15.5 Å².